The molecule has 0 unspecified atom stereocenters. The van der Waals surface area contributed by atoms with Crippen molar-refractivity contribution in [3.8, 4) is 11.5 Å². The van der Waals surface area contributed by atoms with Gasteiger partial charge < -0.3 is 14.8 Å². The highest BCUT2D eigenvalue weighted by Crippen LogP contribution is 2.38. The van der Waals surface area contributed by atoms with Crippen LogP contribution in [0.4, 0.5) is 26.3 Å². The van der Waals surface area contributed by atoms with Crippen LogP contribution in [0.3, 0.4) is 0 Å². The van der Waals surface area contributed by atoms with Gasteiger partial charge in [0.1, 0.15) is 12.4 Å². The van der Waals surface area contributed by atoms with Gasteiger partial charge in [-0.25, -0.2) is 0 Å². The highest BCUT2D eigenvalue weighted by Gasteiger charge is 2.38. The molecule has 0 spiro atoms. The molecule has 0 aliphatic carbocycles. The van der Waals surface area contributed by atoms with E-state index < -0.39 is 35.6 Å². The van der Waals surface area contributed by atoms with E-state index in [4.69, 9.17) is 9.47 Å². The van der Waals surface area contributed by atoms with Crippen molar-refractivity contribution < 1.29 is 40.6 Å². The summed E-state index contributed by atoms with van der Waals surface area (Å²) in [6.45, 7) is -0.662. The molecule has 0 amide bonds. The number of amidine groups is 1. The molecule has 0 aromatic heterocycles. The van der Waals surface area contributed by atoms with Gasteiger partial charge in [0.2, 0.25) is 0 Å². The quantitative estimate of drug-likeness (QED) is 0.212. The molecule has 34 heavy (non-hydrogen) atoms. The molecular formula is C22H20F6N2O3S. The van der Waals surface area contributed by atoms with Crippen molar-refractivity contribution in [3.05, 3.63) is 63.6 Å². The number of carbonyl (C=O) groups is 1. The van der Waals surface area contributed by atoms with E-state index in [1.807, 2.05) is 0 Å². The van der Waals surface area contributed by atoms with Crippen molar-refractivity contribution in [2.75, 3.05) is 21.2 Å². The maximum Gasteiger partial charge on any atom is 0.416 e. The van der Waals surface area contributed by atoms with Crippen molar-refractivity contribution in [1.29, 1.82) is 0 Å². The number of halogens is 6. The van der Waals surface area contributed by atoms with Crippen molar-refractivity contribution in [2.45, 2.75) is 19.0 Å². The maximum absolute atomic E-state index is 13.4. The Labute approximate surface area is 195 Å². The van der Waals surface area contributed by atoms with E-state index in [1.54, 1.807) is 19.2 Å². The van der Waals surface area contributed by atoms with Crippen LogP contribution in [-0.4, -0.2) is 32.7 Å². The normalized spacial score (nSPS) is 13.0. The zero-order valence-corrected chi connectivity index (χ0v) is 19.0. The van der Waals surface area contributed by atoms with Crippen LogP contribution < -0.4 is 14.8 Å². The molecule has 184 valence electrons. The molecule has 2 aromatic carbocycles. The van der Waals surface area contributed by atoms with Crippen LogP contribution in [0.5, 0.6) is 11.5 Å². The van der Waals surface area contributed by atoms with Crippen molar-refractivity contribution in [3.63, 3.8) is 0 Å². The van der Waals surface area contributed by atoms with Gasteiger partial charge in [-0.1, -0.05) is 23.9 Å². The number of ether oxygens (including phenoxy) is 2. The lowest BCUT2D eigenvalue weighted by molar-refractivity contribution is -0.143. The Morgan fingerprint density at radius 2 is 1.76 bits per heavy atom. The first kappa shape index (κ1) is 27.1. The number of rotatable bonds is 8. The van der Waals surface area contributed by atoms with E-state index in [9.17, 15) is 31.1 Å². The third-order valence-corrected chi connectivity index (χ3v) is 5.14. The Kier molecular flexibility index (Phi) is 9.02. The van der Waals surface area contributed by atoms with Gasteiger partial charge in [-0.15, -0.1) is 0 Å². The van der Waals surface area contributed by atoms with E-state index in [2.05, 4.69) is 10.3 Å². The van der Waals surface area contributed by atoms with Gasteiger partial charge in [-0.3, -0.25) is 9.79 Å². The molecule has 0 atom stereocenters. The van der Waals surface area contributed by atoms with E-state index in [-0.39, 0.29) is 17.6 Å². The number of aliphatic imine (C=N–C) groups is 1. The smallest absolute Gasteiger partial charge is 0.416 e. The fraction of sp³-hybridized carbons (Fsp3) is 0.273. The van der Waals surface area contributed by atoms with E-state index in [0.717, 1.165) is 17.8 Å². The number of likely N-dealkylation sites (N-methyl/N-ethyl adjacent to an activating group) is 1. The Balaban J connectivity index is 2.43. The number of methoxy groups -OCH3 is 1. The first-order valence-corrected chi connectivity index (χ1v) is 10.4. The molecule has 0 saturated heterocycles. The summed E-state index contributed by atoms with van der Waals surface area (Å²) in [7, 11) is 4.47. The molecule has 0 aliphatic heterocycles. The molecule has 5 nitrogen and oxygen atoms in total. The average Bonchev–Trinajstić information content (AvgIpc) is 2.77. The molecule has 0 radical (unpaired) electrons. The first-order valence-electron chi connectivity index (χ1n) is 9.49. The number of benzene rings is 2. The number of nitrogens with one attached hydrogen (secondary N) is 1. The second-order valence-corrected chi connectivity index (χ2v) is 7.48. The number of hydrogen-bond acceptors (Lipinski definition) is 5. The monoisotopic (exact) mass is 506 g/mol. The minimum Gasteiger partial charge on any atom is -0.493 e. The number of alkyl halides is 6. The Hall–Kier alpha value is -3.15. The van der Waals surface area contributed by atoms with Crippen molar-refractivity contribution in [2.24, 2.45) is 4.99 Å². The van der Waals surface area contributed by atoms with Gasteiger partial charge in [0, 0.05) is 19.7 Å². The van der Waals surface area contributed by atoms with Crippen LogP contribution >= 0.6 is 11.8 Å². The van der Waals surface area contributed by atoms with Crippen molar-refractivity contribution >= 4 is 29.3 Å². The molecule has 0 aliphatic rings. The topological polar surface area (TPSA) is 59.9 Å². The van der Waals surface area contributed by atoms with Crippen LogP contribution in [0, 0.1) is 0 Å². The van der Waals surface area contributed by atoms with Crippen LogP contribution in [0.25, 0.3) is 6.08 Å². The number of nitrogens with zero attached hydrogens (tertiary/aromatic N) is 1. The summed E-state index contributed by atoms with van der Waals surface area (Å²) in [4.78, 5) is 15.5. The highest BCUT2D eigenvalue weighted by molar-refractivity contribution is 8.16. The second-order valence-electron chi connectivity index (χ2n) is 6.61. The third kappa shape index (κ3) is 6.92. The molecule has 2 rings (SSSR count). The largest absolute Gasteiger partial charge is 0.493 e. The van der Waals surface area contributed by atoms with Crippen LogP contribution in [-0.2, 0) is 23.8 Å². The Bertz CT molecular complexity index is 1080. The van der Waals surface area contributed by atoms with Crippen LogP contribution in [0.15, 0.2) is 46.3 Å². The third-order valence-electron chi connectivity index (χ3n) is 4.48. The van der Waals surface area contributed by atoms with E-state index in [0.29, 0.717) is 28.0 Å². The van der Waals surface area contributed by atoms with Gasteiger partial charge in [0.05, 0.1) is 23.1 Å². The lowest BCUT2D eigenvalue weighted by atomic mass is 10.0. The zero-order chi connectivity index (χ0) is 25.5. The van der Waals surface area contributed by atoms with Gasteiger partial charge in [0.25, 0.3) is 0 Å². The number of hydrogen-bond donors (Lipinski definition) is 1. The molecular weight excluding hydrogens is 486 g/mol. The van der Waals surface area contributed by atoms with Crippen molar-refractivity contribution in [1.82, 2.24) is 5.32 Å². The Morgan fingerprint density at radius 1 is 1.06 bits per heavy atom. The summed E-state index contributed by atoms with van der Waals surface area (Å²) in [6.07, 6.45) is -8.34. The summed E-state index contributed by atoms with van der Waals surface area (Å²) in [5.41, 5.74) is -2.21. The molecule has 0 saturated carbocycles. The molecule has 0 fully saturated rings. The predicted octanol–water partition coefficient (Wildman–Crippen LogP) is 5.82. The molecule has 0 bridgehead atoms. The van der Waals surface area contributed by atoms with Crippen LogP contribution in [0.2, 0.25) is 0 Å². The fourth-order valence-corrected chi connectivity index (χ4v) is 3.51. The summed E-state index contributed by atoms with van der Waals surface area (Å²) in [5, 5.41) is 2.84. The number of carbonyl (C=O) groups excluding carboxylic acids is 1. The average molecular weight is 506 g/mol. The van der Waals surface area contributed by atoms with Gasteiger partial charge >= 0.3 is 12.4 Å². The highest BCUT2D eigenvalue weighted by atomic mass is 32.2. The SMILES string of the molecule is CN=C(NC)/C(=C/c1ccc(OC)c(OCc2ccc(C(F)(F)F)cc2C(F)(F)F)c1)SC=O. The zero-order valence-electron chi connectivity index (χ0n) is 18.2. The second kappa shape index (κ2) is 11.3. The van der Waals surface area contributed by atoms with E-state index >= 15 is 0 Å². The molecule has 0 heterocycles. The summed E-state index contributed by atoms with van der Waals surface area (Å²) in [5.74, 6) is 0.675. The minimum absolute atomic E-state index is 0.0548. The standard InChI is InChI=1S/C22H20F6N2O3S/c1-29-20(30-2)19(34-12-31)9-13-4-7-17(32-3)18(8-13)33-11-14-5-6-15(21(23,24)25)10-16(14)22(26,27)28/h4-10,12H,11H2,1-3H3,(H,29,30)/b19-9-. The maximum atomic E-state index is 13.4. The fourth-order valence-electron chi connectivity index (χ4n) is 2.90. The molecule has 1 N–H and O–H groups in total. The minimum atomic E-state index is -5.02. The number of thioether (sulfide) groups is 1. The van der Waals surface area contributed by atoms with Gasteiger partial charge in [-0.2, -0.15) is 26.3 Å². The predicted molar refractivity (Wildman–Crippen MR) is 119 cm³/mol. The summed E-state index contributed by atoms with van der Waals surface area (Å²) in [6, 6.07) is 5.95. The Morgan fingerprint density at radius 3 is 2.29 bits per heavy atom. The first-order chi connectivity index (χ1) is 15.9. The van der Waals surface area contributed by atoms with Gasteiger partial charge in [-0.05, 0) is 35.9 Å². The summed E-state index contributed by atoms with van der Waals surface area (Å²) < 4.78 is 89.6. The van der Waals surface area contributed by atoms with Gasteiger partial charge in [0.15, 0.2) is 17.1 Å². The lowest BCUT2D eigenvalue weighted by Crippen LogP contribution is -2.19. The lowest BCUT2D eigenvalue weighted by Gasteiger charge is -2.17. The van der Waals surface area contributed by atoms with Crippen LogP contribution in [0.1, 0.15) is 22.3 Å². The van der Waals surface area contributed by atoms with E-state index in [1.165, 1.54) is 26.3 Å². The summed E-state index contributed by atoms with van der Waals surface area (Å²) >= 11 is 0.861. The molecule has 12 heteroatoms. The molecule has 2 aromatic rings.